The second-order valence-corrected chi connectivity index (χ2v) is 5.64. The van der Waals surface area contributed by atoms with Crippen LogP contribution in [0.4, 0.5) is 0 Å². The van der Waals surface area contributed by atoms with Gasteiger partial charge in [-0.3, -0.25) is 9.59 Å². The van der Waals surface area contributed by atoms with Gasteiger partial charge in [0.2, 0.25) is 0 Å². The van der Waals surface area contributed by atoms with Gasteiger partial charge in [0.25, 0.3) is 5.91 Å². The van der Waals surface area contributed by atoms with Gasteiger partial charge in [0.15, 0.2) is 0 Å². The van der Waals surface area contributed by atoms with Crippen LogP contribution < -0.4 is 5.32 Å². The monoisotopic (exact) mass is 305 g/mol. The van der Waals surface area contributed by atoms with Gasteiger partial charge in [0.05, 0.1) is 13.2 Å². The van der Waals surface area contributed by atoms with Crippen LogP contribution in [0.5, 0.6) is 0 Å². The van der Waals surface area contributed by atoms with E-state index in [2.05, 4.69) is 5.32 Å². The van der Waals surface area contributed by atoms with Crippen molar-refractivity contribution in [2.45, 2.75) is 51.7 Å². The molecule has 1 amide bonds. The maximum absolute atomic E-state index is 12.0. The second-order valence-electron chi connectivity index (χ2n) is 5.64. The summed E-state index contributed by atoms with van der Waals surface area (Å²) in [7, 11) is 0. The van der Waals surface area contributed by atoms with E-state index in [1.807, 2.05) is 18.2 Å². The normalized spacial score (nSPS) is 12.9. The fourth-order valence-corrected chi connectivity index (χ4v) is 2.55. The first-order chi connectivity index (χ1) is 10.7. The zero-order valence-electron chi connectivity index (χ0n) is 12.8. The van der Waals surface area contributed by atoms with E-state index < -0.39 is 5.97 Å². The van der Waals surface area contributed by atoms with Crippen molar-refractivity contribution < 1.29 is 19.4 Å². The molecule has 2 N–H and O–H groups in total. The molecule has 2 rings (SSSR count). The van der Waals surface area contributed by atoms with Gasteiger partial charge < -0.3 is 15.2 Å². The van der Waals surface area contributed by atoms with Crippen LogP contribution >= 0.6 is 0 Å². The summed E-state index contributed by atoms with van der Waals surface area (Å²) in [6, 6.07) is 5.71. The van der Waals surface area contributed by atoms with Crippen molar-refractivity contribution in [3.63, 3.8) is 0 Å². The lowest BCUT2D eigenvalue weighted by molar-refractivity contribution is -0.137. The number of hydrogen-bond donors (Lipinski definition) is 2. The highest BCUT2D eigenvalue weighted by molar-refractivity contribution is 5.94. The molecular formula is C17H23NO4. The standard InChI is InChI=1S/C17H23NO4/c19-16(20)6-4-2-1-3-5-9-18-17(21)13-7-8-14-11-22-12-15(14)10-13/h7-8,10H,1-6,9,11-12H2,(H,18,21)(H,19,20). The van der Waals surface area contributed by atoms with Crippen molar-refractivity contribution in [2.24, 2.45) is 0 Å². The summed E-state index contributed by atoms with van der Waals surface area (Å²) in [6.07, 6.45) is 4.87. The average molecular weight is 305 g/mol. The first-order valence-corrected chi connectivity index (χ1v) is 7.86. The second kappa shape index (κ2) is 8.54. The van der Waals surface area contributed by atoms with Crippen LogP contribution in [-0.2, 0) is 22.7 Å². The fourth-order valence-electron chi connectivity index (χ4n) is 2.55. The number of benzene rings is 1. The third kappa shape index (κ3) is 5.15. The summed E-state index contributed by atoms with van der Waals surface area (Å²) < 4.78 is 5.34. The quantitative estimate of drug-likeness (QED) is 0.688. The minimum Gasteiger partial charge on any atom is -0.481 e. The Labute approximate surface area is 130 Å². The first kappa shape index (κ1) is 16.5. The molecule has 22 heavy (non-hydrogen) atoms. The molecule has 0 spiro atoms. The van der Waals surface area contributed by atoms with Gasteiger partial charge in [-0.1, -0.05) is 25.3 Å². The molecular weight excluding hydrogens is 282 g/mol. The minimum absolute atomic E-state index is 0.0411. The van der Waals surface area contributed by atoms with Crippen LogP contribution in [0.3, 0.4) is 0 Å². The first-order valence-electron chi connectivity index (χ1n) is 7.86. The van der Waals surface area contributed by atoms with Crippen molar-refractivity contribution in [2.75, 3.05) is 6.54 Å². The molecule has 1 aromatic carbocycles. The number of fused-ring (bicyclic) bond motifs is 1. The lowest BCUT2D eigenvalue weighted by Gasteiger charge is -2.06. The van der Waals surface area contributed by atoms with Crippen molar-refractivity contribution >= 4 is 11.9 Å². The molecule has 5 nitrogen and oxygen atoms in total. The molecule has 1 heterocycles. The average Bonchev–Trinajstić information content (AvgIpc) is 2.96. The van der Waals surface area contributed by atoms with Crippen molar-refractivity contribution in [3.8, 4) is 0 Å². The van der Waals surface area contributed by atoms with E-state index in [1.54, 1.807) is 0 Å². The molecule has 0 fully saturated rings. The Morgan fingerprint density at radius 2 is 1.77 bits per heavy atom. The van der Waals surface area contributed by atoms with Gasteiger partial charge in [0.1, 0.15) is 0 Å². The van der Waals surface area contributed by atoms with Gasteiger partial charge in [-0.2, -0.15) is 0 Å². The number of carbonyl (C=O) groups is 2. The van der Waals surface area contributed by atoms with Crippen molar-refractivity contribution in [1.82, 2.24) is 5.32 Å². The third-order valence-electron chi connectivity index (χ3n) is 3.84. The minimum atomic E-state index is -0.730. The summed E-state index contributed by atoms with van der Waals surface area (Å²) in [6.45, 7) is 1.89. The smallest absolute Gasteiger partial charge is 0.303 e. The lowest BCUT2D eigenvalue weighted by Crippen LogP contribution is -2.24. The zero-order chi connectivity index (χ0) is 15.8. The number of ether oxygens (including phenoxy) is 1. The molecule has 0 saturated carbocycles. The Kier molecular flexibility index (Phi) is 6.40. The van der Waals surface area contributed by atoms with Gasteiger partial charge in [0, 0.05) is 18.5 Å². The molecule has 0 aromatic heterocycles. The SMILES string of the molecule is O=C(O)CCCCCCCNC(=O)c1ccc2c(c1)COC2. The highest BCUT2D eigenvalue weighted by Gasteiger charge is 2.13. The highest BCUT2D eigenvalue weighted by atomic mass is 16.5. The molecule has 0 aliphatic carbocycles. The Balaban J connectivity index is 1.59. The number of rotatable bonds is 9. The summed E-state index contributed by atoms with van der Waals surface area (Å²) >= 11 is 0. The van der Waals surface area contributed by atoms with E-state index >= 15 is 0 Å². The van der Waals surface area contributed by atoms with E-state index in [0.29, 0.717) is 25.3 Å². The van der Waals surface area contributed by atoms with Gasteiger partial charge in [-0.05, 0) is 36.1 Å². The van der Waals surface area contributed by atoms with E-state index in [-0.39, 0.29) is 12.3 Å². The third-order valence-corrected chi connectivity index (χ3v) is 3.84. The van der Waals surface area contributed by atoms with Crippen LogP contribution in [0.1, 0.15) is 60.0 Å². The van der Waals surface area contributed by atoms with Crippen LogP contribution in [0.25, 0.3) is 0 Å². The topological polar surface area (TPSA) is 75.6 Å². The molecule has 120 valence electrons. The highest BCUT2D eigenvalue weighted by Crippen LogP contribution is 2.20. The van der Waals surface area contributed by atoms with E-state index in [4.69, 9.17) is 9.84 Å². The molecule has 1 aliphatic heterocycles. The molecule has 1 aliphatic rings. The van der Waals surface area contributed by atoms with Gasteiger partial charge in [-0.25, -0.2) is 0 Å². The van der Waals surface area contributed by atoms with Gasteiger partial charge >= 0.3 is 5.97 Å². The number of carboxylic acids is 1. The Morgan fingerprint density at radius 1 is 1.05 bits per heavy atom. The number of unbranched alkanes of at least 4 members (excludes halogenated alkanes) is 4. The maximum Gasteiger partial charge on any atom is 0.303 e. The van der Waals surface area contributed by atoms with Crippen molar-refractivity contribution in [3.05, 3.63) is 34.9 Å². The van der Waals surface area contributed by atoms with Crippen LogP contribution in [-0.4, -0.2) is 23.5 Å². The van der Waals surface area contributed by atoms with Crippen molar-refractivity contribution in [1.29, 1.82) is 0 Å². The number of carbonyl (C=O) groups excluding carboxylic acids is 1. The maximum atomic E-state index is 12.0. The fraction of sp³-hybridized carbons (Fsp3) is 0.529. The molecule has 0 atom stereocenters. The van der Waals surface area contributed by atoms with Crippen LogP contribution in [0, 0.1) is 0 Å². The summed E-state index contributed by atoms with van der Waals surface area (Å²) in [5.74, 6) is -0.771. The number of amides is 1. The molecule has 0 radical (unpaired) electrons. The Bertz CT molecular complexity index is 527. The Hall–Kier alpha value is -1.88. The number of nitrogens with one attached hydrogen (secondary N) is 1. The number of aliphatic carboxylic acids is 1. The largest absolute Gasteiger partial charge is 0.481 e. The predicted molar refractivity (Wildman–Crippen MR) is 82.6 cm³/mol. The molecule has 0 unspecified atom stereocenters. The number of hydrogen-bond acceptors (Lipinski definition) is 3. The van der Waals surface area contributed by atoms with E-state index in [9.17, 15) is 9.59 Å². The summed E-state index contributed by atoms with van der Waals surface area (Å²) in [5.41, 5.74) is 2.95. The lowest BCUT2D eigenvalue weighted by atomic mass is 10.1. The van der Waals surface area contributed by atoms with E-state index in [1.165, 1.54) is 0 Å². The molecule has 5 heteroatoms. The summed E-state index contributed by atoms with van der Waals surface area (Å²) in [5, 5.41) is 11.5. The Morgan fingerprint density at radius 3 is 2.59 bits per heavy atom. The summed E-state index contributed by atoms with van der Waals surface area (Å²) in [4.78, 5) is 22.4. The number of carboxylic acid groups (broad SMARTS) is 1. The molecule has 0 saturated heterocycles. The zero-order valence-corrected chi connectivity index (χ0v) is 12.8. The van der Waals surface area contributed by atoms with Gasteiger partial charge in [-0.15, -0.1) is 0 Å². The molecule has 0 bridgehead atoms. The molecule has 1 aromatic rings. The van der Waals surface area contributed by atoms with Crippen LogP contribution in [0.2, 0.25) is 0 Å². The predicted octanol–water partition coefficient (Wildman–Crippen LogP) is 2.87. The van der Waals surface area contributed by atoms with Crippen LogP contribution in [0.15, 0.2) is 18.2 Å². The van der Waals surface area contributed by atoms with E-state index in [0.717, 1.165) is 43.2 Å².